The molecule has 18 aromatic carbocycles. The summed E-state index contributed by atoms with van der Waals surface area (Å²) < 4.78 is 7.19. The van der Waals surface area contributed by atoms with E-state index in [0.29, 0.717) is 11.3 Å². The first-order valence-corrected chi connectivity index (χ1v) is 44.5. The van der Waals surface area contributed by atoms with E-state index in [1.807, 2.05) is 30.4 Å². The van der Waals surface area contributed by atoms with Crippen LogP contribution in [0.4, 0.5) is 28.4 Å². The van der Waals surface area contributed by atoms with Gasteiger partial charge in [0, 0.05) is 83.4 Å². The van der Waals surface area contributed by atoms with E-state index >= 15 is 0 Å². The predicted octanol–water partition coefficient (Wildman–Crippen LogP) is 32.9. The van der Waals surface area contributed by atoms with Crippen molar-refractivity contribution in [1.82, 2.24) is 13.7 Å². The van der Waals surface area contributed by atoms with Crippen molar-refractivity contribution in [1.29, 1.82) is 10.8 Å². The SMILES string of the molecule is CC(C)(C)c1ccc(N(c2ccc(-c3ccc(N(C4=CC=C(c5ccc(-n6c7ccc(-c8ccc(-c9ccc%10c%11ccccc%11n(-c%11ccc(-c%12ccccc%12)cc%11)c%10c9)cc8)cc7c7cc(-c8ccc(-c9ccc%10c%11ccccc%11n(-c%11ccc(-c%12ccccc%12)cc%11)c%10c9)cc8)ccc76)cc5)C(=N)C4=N)c4ccccc4)cc3)cc2)c2ccc(C(C)(C)C)cc2)cc1. The largest absolute Gasteiger partial charge is 0.311 e. The minimum Gasteiger partial charge on any atom is -0.311 e. The van der Waals surface area contributed by atoms with Crippen molar-refractivity contribution in [3.63, 3.8) is 0 Å². The first kappa shape index (κ1) is 78.7. The number of nitrogens with zero attached hydrogens (tertiary/aromatic N) is 5. The van der Waals surface area contributed by atoms with Gasteiger partial charge in [-0.3, -0.25) is 10.8 Å². The fourth-order valence-electron chi connectivity index (χ4n) is 19.2. The number of allylic oxidation sites excluding steroid dienone is 4. The molecule has 0 amide bonds. The number of hydrogen-bond donors (Lipinski definition) is 2. The third kappa shape index (κ3) is 14.5. The van der Waals surface area contributed by atoms with Gasteiger partial charge in [-0.25, -0.2) is 0 Å². The molecule has 0 saturated carbocycles. The molecule has 1 aliphatic rings. The van der Waals surface area contributed by atoms with Crippen LogP contribution in [-0.4, -0.2) is 25.1 Å². The van der Waals surface area contributed by atoms with E-state index in [9.17, 15) is 10.8 Å². The Morgan fingerprint density at radius 3 is 0.845 bits per heavy atom. The maximum atomic E-state index is 9.91. The zero-order valence-corrected chi connectivity index (χ0v) is 72.9. The van der Waals surface area contributed by atoms with Crippen LogP contribution in [0.15, 0.2) is 449 Å². The summed E-state index contributed by atoms with van der Waals surface area (Å²) in [6.07, 6.45) is 4.02. The molecule has 0 bridgehead atoms. The number of rotatable bonds is 17. The van der Waals surface area contributed by atoms with Crippen molar-refractivity contribution in [2.75, 3.05) is 9.80 Å². The van der Waals surface area contributed by atoms with Gasteiger partial charge in [-0.1, -0.05) is 327 Å². The Kier molecular flexibility index (Phi) is 19.6. The molecule has 21 aromatic rings. The molecule has 0 atom stereocenters. The number of para-hydroxylation sites is 3. The Bertz CT molecular complexity index is 7600. The van der Waals surface area contributed by atoms with Crippen LogP contribution in [0.3, 0.4) is 0 Å². The highest BCUT2D eigenvalue weighted by Gasteiger charge is 2.29. The minimum atomic E-state index is 0.0365. The summed E-state index contributed by atoms with van der Waals surface area (Å²) in [5.41, 5.74) is 36.2. The lowest BCUT2D eigenvalue weighted by Gasteiger charge is -2.30. The Morgan fingerprint density at radius 2 is 0.457 bits per heavy atom. The number of nitrogens with one attached hydrogen (secondary N) is 2. The summed E-state index contributed by atoms with van der Waals surface area (Å²) in [4.78, 5) is 4.44. The molecular weight excluding hydrogens is 1560 g/mol. The van der Waals surface area contributed by atoms with Crippen molar-refractivity contribution in [2.45, 2.75) is 52.4 Å². The summed E-state index contributed by atoms with van der Waals surface area (Å²) in [5.74, 6) is 0. The summed E-state index contributed by atoms with van der Waals surface area (Å²) in [6.45, 7) is 13.5. The summed E-state index contributed by atoms with van der Waals surface area (Å²) >= 11 is 0. The van der Waals surface area contributed by atoms with Gasteiger partial charge in [0.25, 0.3) is 0 Å². The van der Waals surface area contributed by atoms with E-state index in [4.69, 9.17) is 0 Å². The molecule has 129 heavy (non-hydrogen) atoms. The van der Waals surface area contributed by atoms with Gasteiger partial charge in [-0.05, 0) is 263 Å². The lowest BCUT2D eigenvalue weighted by molar-refractivity contribution is 0.590. The van der Waals surface area contributed by atoms with E-state index in [1.165, 1.54) is 66.0 Å². The molecule has 616 valence electrons. The van der Waals surface area contributed by atoms with Crippen LogP contribution in [0, 0.1) is 10.8 Å². The van der Waals surface area contributed by atoms with Crippen molar-refractivity contribution >= 4 is 111 Å². The monoisotopic (exact) mass is 1660 g/mol. The van der Waals surface area contributed by atoms with Gasteiger partial charge in [-0.2, -0.15) is 0 Å². The smallest absolute Gasteiger partial charge is 0.104 e. The third-order valence-corrected chi connectivity index (χ3v) is 26.1. The molecule has 0 aliphatic heterocycles. The molecule has 0 radical (unpaired) electrons. The summed E-state index contributed by atoms with van der Waals surface area (Å²) in [7, 11) is 0. The quantitative estimate of drug-likeness (QED) is 0.0892. The normalized spacial score (nSPS) is 12.5. The Labute approximate surface area is 752 Å². The van der Waals surface area contributed by atoms with Gasteiger partial charge >= 0.3 is 0 Å². The van der Waals surface area contributed by atoms with E-state index in [0.717, 1.165) is 140 Å². The van der Waals surface area contributed by atoms with E-state index in [1.54, 1.807) is 0 Å². The number of anilines is 5. The zero-order valence-electron chi connectivity index (χ0n) is 72.9. The maximum Gasteiger partial charge on any atom is 0.104 e. The highest BCUT2D eigenvalue weighted by molar-refractivity contribution is 6.61. The molecular formula is C122H93N7. The lowest BCUT2D eigenvalue weighted by atomic mass is 9.86. The molecule has 0 spiro atoms. The second-order valence-electron chi connectivity index (χ2n) is 36.1. The molecule has 1 aliphatic carbocycles. The van der Waals surface area contributed by atoms with Crippen LogP contribution in [-0.2, 0) is 10.8 Å². The van der Waals surface area contributed by atoms with Gasteiger partial charge in [0.05, 0.1) is 44.5 Å². The lowest BCUT2D eigenvalue weighted by Crippen LogP contribution is -2.29. The minimum absolute atomic E-state index is 0.0365. The Balaban J connectivity index is 0.584. The number of hydrogen-bond acceptors (Lipinski definition) is 4. The van der Waals surface area contributed by atoms with Crippen LogP contribution in [0.5, 0.6) is 0 Å². The molecule has 7 heteroatoms. The highest BCUT2D eigenvalue weighted by atomic mass is 15.2. The van der Waals surface area contributed by atoms with Gasteiger partial charge in [-0.15, -0.1) is 0 Å². The van der Waals surface area contributed by atoms with Crippen LogP contribution >= 0.6 is 0 Å². The van der Waals surface area contributed by atoms with Crippen LogP contribution in [0.2, 0.25) is 0 Å². The summed E-state index contributed by atoms with van der Waals surface area (Å²) in [5, 5.41) is 26.9. The molecule has 3 aromatic heterocycles. The summed E-state index contributed by atoms with van der Waals surface area (Å²) in [6, 6.07) is 156. The molecule has 2 N–H and O–H groups in total. The topological polar surface area (TPSA) is 69.0 Å². The molecule has 7 nitrogen and oxygen atoms in total. The molecule has 0 fully saturated rings. The van der Waals surface area contributed by atoms with Gasteiger partial charge in [0.2, 0.25) is 0 Å². The third-order valence-electron chi connectivity index (χ3n) is 26.1. The standard InChI is InChI=1S/C122H93N7/c1-121(2,3)95-52-66-99(67-53-95)125(100-68-54-96(55-69-100)122(4,5)6)98-56-38-84(39-57-98)85-40-58-101(59-41-85)126(97-24-14-9-15-25-97)116-75-72-105(119(123)120(116)124)90-46-64-102(65-47-90)127-114-73-50-91(86-30-34-88(35-31-86)93-48-70-108-106-26-16-18-28-112(106)128(117(108)78-93)103-60-42-82(43-61-103)80-20-10-7-11-21-80)76-110(114)111-77-92(51-74-115(111)127)87-32-36-89(37-33-87)94-49-71-109-107-27-17-19-29-113(107)129(118(109)79-94)104-62-44-83(45-63-104)81-22-12-8-13-23-81/h7-79,123-124H,1-6H3. The van der Waals surface area contributed by atoms with Gasteiger partial charge in [0.15, 0.2) is 0 Å². The predicted molar refractivity (Wildman–Crippen MR) is 546 cm³/mol. The van der Waals surface area contributed by atoms with E-state index < -0.39 is 0 Å². The maximum absolute atomic E-state index is 9.91. The average molecular weight is 1660 g/mol. The van der Waals surface area contributed by atoms with Crippen molar-refractivity contribution in [3.05, 3.63) is 465 Å². The second kappa shape index (κ2) is 32.1. The van der Waals surface area contributed by atoms with E-state index in [-0.39, 0.29) is 22.3 Å². The van der Waals surface area contributed by atoms with Crippen molar-refractivity contribution in [3.8, 4) is 95.0 Å². The fourth-order valence-corrected chi connectivity index (χ4v) is 19.2. The van der Waals surface area contributed by atoms with E-state index in [2.05, 4.69) is 478 Å². The number of benzene rings is 18. The van der Waals surface area contributed by atoms with Crippen LogP contribution < -0.4 is 9.80 Å². The first-order chi connectivity index (χ1) is 63.0. The molecule has 0 saturated heterocycles. The second-order valence-corrected chi connectivity index (χ2v) is 36.1. The Hall–Kier alpha value is -16.2. The molecule has 22 rings (SSSR count). The average Bonchev–Trinajstić information content (AvgIpc) is 1.58. The fraction of sp³-hybridized carbons (Fsp3) is 0.0656. The van der Waals surface area contributed by atoms with Crippen molar-refractivity contribution in [2.24, 2.45) is 0 Å². The number of fused-ring (bicyclic) bond motifs is 9. The van der Waals surface area contributed by atoms with Gasteiger partial charge < -0.3 is 23.5 Å². The number of aromatic nitrogens is 3. The molecule has 0 unspecified atom stereocenters. The first-order valence-electron chi connectivity index (χ1n) is 44.5. The molecule has 3 heterocycles. The van der Waals surface area contributed by atoms with Gasteiger partial charge in [0.1, 0.15) is 5.71 Å². The highest BCUT2D eigenvalue weighted by Crippen LogP contribution is 2.46. The Morgan fingerprint density at radius 1 is 0.194 bits per heavy atom. The zero-order chi connectivity index (χ0) is 87.2. The van der Waals surface area contributed by atoms with Crippen molar-refractivity contribution < 1.29 is 0 Å². The van der Waals surface area contributed by atoms with Crippen LogP contribution in [0.1, 0.15) is 58.2 Å². The van der Waals surface area contributed by atoms with Crippen LogP contribution in [0.25, 0.3) is 166 Å².